The fourth-order valence-corrected chi connectivity index (χ4v) is 7.32. The molecule has 3 aromatic carbocycles. The van der Waals surface area contributed by atoms with Gasteiger partial charge in [0, 0.05) is 23.8 Å². The average Bonchev–Trinajstić information content (AvgIpc) is 2.99. The summed E-state index contributed by atoms with van der Waals surface area (Å²) in [5.74, 6) is -0.0911. The molecule has 1 aliphatic rings. The van der Waals surface area contributed by atoms with Gasteiger partial charge in [0.2, 0.25) is 0 Å². The number of rotatable bonds is 13. The first-order chi connectivity index (χ1) is 20.5. The van der Waals surface area contributed by atoms with Crippen molar-refractivity contribution in [2.24, 2.45) is 0 Å². The number of hydrogen-bond donors (Lipinski definition) is 2. The molecule has 0 saturated carbocycles. The highest BCUT2D eigenvalue weighted by Crippen LogP contribution is 2.27. The summed E-state index contributed by atoms with van der Waals surface area (Å²) in [6.07, 6.45) is 3.26. The van der Waals surface area contributed by atoms with Crippen molar-refractivity contribution in [3.05, 3.63) is 90.0 Å². The second-order valence-electron chi connectivity index (χ2n) is 9.77. The van der Waals surface area contributed by atoms with E-state index in [1.165, 1.54) is 60.7 Å². The lowest BCUT2D eigenvalue weighted by Crippen LogP contribution is -2.46. The minimum absolute atomic E-state index is 0.0108. The maximum Gasteiger partial charge on any atom is 0.261 e. The van der Waals surface area contributed by atoms with Crippen LogP contribution in [0.15, 0.2) is 89.2 Å². The summed E-state index contributed by atoms with van der Waals surface area (Å²) < 4.78 is 66.2. The Bertz CT molecular complexity index is 1640. The van der Waals surface area contributed by atoms with Crippen LogP contribution < -0.4 is 14.8 Å². The second-order valence-corrected chi connectivity index (χ2v) is 13.9. The molecule has 1 unspecified atom stereocenters. The van der Waals surface area contributed by atoms with Crippen LogP contribution in [-0.2, 0) is 24.6 Å². The number of benzene rings is 3. The predicted octanol–water partition coefficient (Wildman–Crippen LogP) is 5.19. The van der Waals surface area contributed by atoms with Crippen LogP contribution in [0.2, 0.25) is 5.02 Å². The van der Waals surface area contributed by atoms with Gasteiger partial charge in [-0.25, -0.2) is 16.8 Å². The fraction of sp³-hybridized carbons (Fsp3) is 0.300. The van der Waals surface area contributed by atoms with Gasteiger partial charge in [0.15, 0.2) is 9.84 Å². The molecule has 1 amide bonds. The molecule has 1 heterocycles. The maximum atomic E-state index is 13.3. The second kappa shape index (κ2) is 14.4. The van der Waals surface area contributed by atoms with Crippen LogP contribution in [0.25, 0.3) is 0 Å². The molecule has 0 aromatic heterocycles. The van der Waals surface area contributed by atoms with Crippen molar-refractivity contribution in [3.8, 4) is 5.75 Å². The van der Waals surface area contributed by atoms with E-state index in [0.717, 1.165) is 12.8 Å². The molecule has 1 fully saturated rings. The Morgan fingerprint density at radius 1 is 1.02 bits per heavy atom. The molecule has 4 rings (SSSR count). The summed E-state index contributed by atoms with van der Waals surface area (Å²) >= 11 is 6.14. The minimum atomic E-state index is -4.05. The Morgan fingerprint density at radius 3 is 2.30 bits per heavy atom. The monoisotopic (exact) mass is 647 g/mol. The number of anilines is 2. The third-order valence-electron chi connectivity index (χ3n) is 6.74. The highest BCUT2D eigenvalue weighted by Gasteiger charge is 2.31. The summed E-state index contributed by atoms with van der Waals surface area (Å²) in [5.41, 5.74) is 0.299. The van der Waals surface area contributed by atoms with E-state index in [9.17, 15) is 21.6 Å². The van der Waals surface area contributed by atoms with Gasteiger partial charge in [0.1, 0.15) is 11.1 Å². The maximum absolute atomic E-state index is 13.3. The van der Waals surface area contributed by atoms with Crippen LogP contribution in [-0.4, -0.2) is 65.9 Å². The Hall–Kier alpha value is -3.42. The highest BCUT2D eigenvalue weighted by atomic mass is 35.5. The smallest absolute Gasteiger partial charge is 0.261 e. The van der Waals surface area contributed by atoms with Gasteiger partial charge in [-0.1, -0.05) is 31.0 Å². The number of carbonyl (C=O) groups is 1. The zero-order valence-electron chi connectivity index (χ0n) is 23.7. The number of amides is 1. The lowest BCUT2D eigenvalue weighted by atomic mass is 10.1. The van der Waals surface area contributed by atoms with Gasteiger partial charge >= 0.3 is 0 Å². The van der Waals surface area contributed by atoms with Crippen molar-refractivity contribution >= 4 is 48.7 Å². The van der Waals surface area contributed by atoms with Gasteiger partial charge in [-0.3, -0.25) is 14.4 Å². The summed E-state index contributed by atoms with van der Waals surface area (Å²) in [6.45, 7) is 8.10. The summed E-state index contributed by atoms with van der Waals surface area (Å²) in [4.78, 5) is 15.1. The molecule has 13 heteroatoms. The quantitative estimate of drug-likeness (QED) is 0.191. The number of nitrogens with one attached hydrogen (secondary N) is 2. The van der Waals surface area contributed by atoms with Crippen LogP contribution in [0.3, 0.4) is 0 Å². The summed E-state index contributed by atoms with van der Waals surface area (Å²) in [5, 5.41) is 1.99. The lowest BCUT2D eigenvalue weighted by molar-refractivity contribution is 0.0374. The van der Waals surface area contributed by atoms with Crippen LogP contribution >= 0.6 is 11.6 Å². The zero-order valence-corrected chi connectivity index (χ0v) is 26.1. The van der Waals surface area contributed by atoms with Crippen LogP contribution in [0, 0.1) is 0 Å². The van der Waals surface area contributed by atoms with E-state index in [-0.39, 0.29) is 26.1 Å². The lowest BCUT2D eigenvalue weighted by Gasteiger charge is -2.32. The van der Waals surface area contributed by atoms with Crippen molar-refractivity contribution in [1.29, 1.82) is 0 Å². The Balaban J connectivity index is 1.49. The molecule has 0 radical (unpaired) electrons. The molecule has 0 spiro atoms. The minimum Gasteiger partial charge on any atom is -0.494 e. The van der Waals surface area contributed by atoms with E-state index in [1.54, 1.807) is 17.0 Å². The number of ether oxygens (including phenoxy) is 2. The number of morpholine rings is 1. The van der Waals surface area contributed by atoms with Gasteiger partial charge in [-0.15, -0.1) is 6.58 Å². The zero-order chi connectivity index (χ0) is 31.0. The number of halogens is 1. The van der Waals surface area contributed by atoms with E-state index >= 15 is 0 Å². The van der Waals surface area contributed by atoms with E-state index in [0.29, 0.717) is 44.3 Å². The van der Waals surface area contributed by atoms with Gasteiger partial charge < -0.3 is 14.8 Å². The van der Waals surface area contributed by atoms with Gasteiger partial charge in [0.05, 0.1) is 40.9 Å². The molecule has 1 aliphatic heterocycles. The number of hydrogen-bond acceptors (Lipinski definition) is 8. The number of nitrogens with zero attached hydrogens (tertiary/aromatic N) is 1. The molecule has 2 N–H and O–H groups in total. The van der Waals surface area contributed by atoms with Crippen LogP contribution in [0.5, 0.6) is 5.75 Å². The van der Waals surface area contributed by atoms with Gasteiger partial charge in [0.25, 0.3) is 15.9 Å². The first kappa shape index (κ1) is 32.5. The number of unbranched alkanes of at least 4 members (excludes halogenated alkanes) is 1. The number of carbonyl (C=O) groups excluding carboxylic acids is 1. The number of sulfonamides is 1. The predicted molar refractivity (Wildman–Crippen MR) is 167 cm³/mol. The third kappa shape index (κ3) is 8.15. The Labute approximate surface area is 257 Å². The molecular weight excluding hydrogens is 614 g/mol. The topological polar surface area (TPSA) is 131 Å². The summed E-state index contributed by atoms with van der Waals surface area (Å²) in [7, 11) is -7.83. The normalized spacial score (nSPS) is 14.9. The van der Waals surface area contributed by atoms with Gasteiger partial charge in [-0.05, 0) is 73.2 Å². The van der Waals surface area contributed by atoms with Crippen molar-refractivity contribution in [1.82, 2.24) is 4.90 Å². The SMILES string of the molecule is C=CC(N1CCOCC1)S(=O)(=O)c1ccc(NC(=O)c2cc(Cl)ccc2NS(=O)(=O)c2ccc(OCCCC)cc2)cc1. The van der Waals surface area contributed by atoms with Crippen molar-refractivity contribution in [3.63, 3.8) is 0 Å². The molecular formula is C30H34ClN3O7S2. The third-order valence-corrected chi connectivity index (χ3v) is 10.4. The largest absolute Gasteiger partial charge is 0.494 e. The van der Waals surface area contributed by atoms with Crippen LogP contribution in [0.4, 0.5) is 11.4 Å². The Morgan fingerprint density at radius 2 is 1.67 bits per heavy atom. The fourth-order valence-electron chi connectivity index (χ4n) is 4.42. The molecule has 1 atom stereocenters. The standard InChI is InChI=1S/C30H34ClN3O7S2/c1-3-5-18-41-24-9-13-26(14-10-24)43(38,39)33-28-15-6-22(31)21-27(28)30(35)32-23-7-11-25(12-8-23)42(36,37)29(4-2)34-16-19-40-20-17-34/h4,6-15,21,29,33H,2-3,5,16-20H2,1H3,(H,32,35). The first-order valence-electron chi connectivity index (χ1n) is 13.7. The van der Waals surface area contributed by atoms with Crippen molar-refractivity contribution in [2.75, 3.05) is 42.9 Å². The molecule has 3 aromatic rings. The van der Waals surface area contributed by atoms with Crippen molar-refractivity contribution < 1.29 is 31.1 Å². The first-order valence-corrected chi connectivity index (χ1v) is 17.1. The van der Waals surface area contributed by atoms with Crippen molar-refractivity contribution in [2.45, 2.75) is 34.9 Å². The van der Waals surface area contributed by atoms with E-state index in [1.807, 2.05) is 6.92 Å². The van der Waals surface area contributed by atoms with E-state index in [2.05, 4.69) is 16.6 Å². The molecule has 0 aliphatic carbocycles. The summed E-state index contributed by atoms with van der Waals surface area (Å²) in [6, 6.07) is 15.9. The van der Waals surface area contributed by atoms with Gasteiger partial charge in [-0.2, -0.15) is 0 Å². The molecule has 1 saturated heterocycles. The van der Waals surface area contributed by atoms with Crippen LogP contribution in [0.1, 0.15) is 30.1 Å². The Kier molecular flexibility index (Phi) is 10.9. The van der Waals surface area contributed by atoms with E-state index in [4.69, 9.17) is 21.1 Å². The molecule has 0 bridgehead atoms. The molecule has 230 valence electrons. The average molecular weight is 648 g/mol. The highest BCUT2D eigenvalue weighted by molar-refractivity contribution is 7.92. The molecule has 43 heavy (non-hydrogen) atoms. The van der Waals surface area contributed by atoms with E-state index < -0.39 is 31.1 Å². The number of sulfone groups is 1. The molecule has 10 nitrogen and oxygen atoms in total.